The molecule has 0 bridgehead atoms. The van der Waals surface area contributed by atoms with E-state index in [4.69, 9.17) is 14.5 Å². The molecule has 0 radical (unpaired) electrons. The molecule has 0 saturated carbocycles. The molecule has 0 unspecified atom stereocenters. The van der Waals surface area contributed by atoms with Crippen LogP contribution in [0.15, 0.2) is 48.7 Å². The minimum absolute atomic E-state index is 0.237. The topological polar surface area (TPSA) is 109 Å². The molecule has 2 amide bonds. The standard InChI is InChI=1S/C37H52N8O3/c1-7-33-31(35(41-29-14-18-48-19-15-29)32-24-40-45(8-2)36(32)42-33)23-39-37(46)38-22-26-12-13-34(47-6)30(21-26)28-11-9-10-27(20-28)25-44(5)17-16-43(3)4/h9-13,20-21,24,29H,7-8,14-19,22-23,25H2,1-6H3,(H,41,42)(H2,38,39,46). The van der Waals surface area contributed by atoms with E-state index in [-0.39, 0.29) is 6.03 Å². The summed E-state index contributed by atoms with van der Waals surface area (Å²) in [7, 11) is 8.03. The number of hydrogen-bond donors (Lipinski definition) is 3. The third-order valence-corrected chi connectivity index (χ3v) is 8.94. The molecule has 5 rings (SSSR count). The van der Waals surface area contributed by atoms with Crippen LogP contribution >= 0.6 is 0 Å². The molecule has 1 saturated heterocycles. The molecule has 1 aliphatic rings. The molecule has 3 heterocycles. The molecule has 258 valence electrons. The number of aryl methyl sites for hydroxylation is 2. The first kappa shape index (κ1) is 35.1. The van der Waals surface area contributed by atoms with Gasteiger partial charge in [0, 0.05) is 75.3 Å². The first-order valence-corrected chi connectivity index (χ1v) is 17.1. The van der Waals surface area contributed by atoms with Gasteiger partial charge in [0.25, 0.3) is 0 Å². The molecule has 1 fully saturated rings. The van der Waals surface area contributed by atoms with Gasteiger partial charge in [0.15, 0.2) is 5.65 Å². The summed E-state index contributed by atoms with van der Waals surface area (Å²) in [6, 6.07) is 14.7. The number of aromatic nitrogens is 3. The number of amides is 2. The number of pyridine rings is 1. The van der Waals surface area contributed by atoms with Gasteiger partial charge in [-0.25, -0.2) is 14.5 Å². The van der Waals surface area contributed by atoms with Gasteiger partial charge in [0.1, 0.15) is 5.75 Å². The van der Waals surface area contributed by atoms with Crippen LogP contribution in [0.1, 0.15) is 49.1 Å². The summed E-state index contributed by atoms with van der Waals surface area (Å²) >= 11 is 0. The number of likely N-dealkylation sites (N-methyl/N-ethyl adjacent to an activating group) is 2. The number of hydrogen-bond acceptors (Lipinski definition) is 8. The van der Waals surface area contributed by atoms with Gasteiger partial charge in [-0.05, 0) is 82.2 Å². The van der Waals surface area contributed by atoms with Crippen LogP contribution in [0.5, 0.6) is 5.75 Å². The van der Waals surface area contributed by atoms with E-state index in [1.807, 2.05) is 23.0 Å². The second-order valence-corrected chi connectivity index (χ2v) is 12.8. The average molecular weight is 657 g/mol. The van der Waals surface area contributed by atoms with E-state index in [1.54, 1.807) is 7.11 Å². The van der Waals surface area contributed by atoms with Crippen LogP contribution in [0.3, 0.4) is 0 Å². The summed E-state index contributed by atoms with van der Waals surface area (Å²) in [6.45, 7) is 9.99. The van der Waals surface area contributed by atoms with Crippen molar-refractivity contribution in [3.05, 3.63) is 71.0 Å². The van der Waals surface area contributed by atoms with Crippen LogP contribution in [0, 0.1) is 0 Å². The zero-order valence-corrected chi connectivity index (χ0v) is 29.4. The van der Waals surface area contributed by atoms with Crippen molar-refractivity contribution in [3.8, 4) is 16.9 Å². The van der Waals surface area contributed by atoms with Crippen LogP contribution in [-0.4, -0.2) is 91.2 Å². The van der Waals surface area contributed by atoms with E-state index in [1.165, 1.54) is 5.56 Å². The van der Waals surface area contributed by atoms with Gasteiger partial charge in [0.05, 0.1) is 24.4 Å². The molecule has 4 aromatic rings. The van der Waals surface area contributed by atoms with E-state index in [0.717, 1.165) is 109 Å². The molecule has 0 aliphatic carbocycles. The number of anilines is 1. The zero-order valence-electron chi connectivity index (χ0n) is 29.4. The highest BCUT2D eigenvalue weighted by atomic mass is 16.5. The largest absolute Gasteiger partial charge is 0.496 e. The lowest BCUT2D eigenvalue weighted by Gasteiger charge is -2.26. The number of nitrogens with one attached hydrogen (secondary N) is 3. The number of urea groups is 1. The molecule has 3 N–H and O–H groups in total. The van der Waals surface area contributed by atoms with E-state index < -0.39 is 0 Å². The fourth-order valence-electron chi connectivity index (χ4n) is 6.20. The average Bonchev–Trinajstić information content (AvgIpc) is 3.52. The van der Waals surface area contributed by atoms with Gasteiger partial charge in [-0.15, -0.1) is 0 Å². The molecule has 11 nitrogen and oxygen atoms in total. The lowest BCUT2D eigenvalue weighted by atomic mass is 9.99. The predicted octanol–water partition coefficient (Wildman–Crippen LogP) is 5.27. The second-order valence-electron chi connectivity index (χ2n) is 12.8. The molecule has 11 heteroatoms. The van der Waals surface area contributed by atoms with Crippen molar-refractivity contribution in [2.45, 2.75) is 65.3 Å². The maximum atomic E-state index is 13.2. The molecular formula is C37H52N8O3. The van der Waals surface area contributed by atoms with Crippen molar-refractivity contribution >= 4 is 22.8 Å². The van der Waals surface area contributed by atoms with E-state index in [2.05, 4.69) is 96.2 Å². The number of carbonyl (C=O) groups excluding carboxylic acids is 1. The Morgan fingerprint density at radius 2 is 1.81 bits per heavy atom. The number of rotatable bonds is 15. The third-order valence-electron chi connectivity index (χ3n) is 8.94. The zero-order chi connectivity index (χ0) is 34.0. The third kappa shape index (κ3) is 8.83. The Labute approximate surface area is 285 Å². The Morgan fingerprint density at radius 3 is 2.54 bits per heavy atom. The summed E-state index contributed by atoms with van der Waals surface area (Å²) in [6.07, 6.45) is 4.50. The second kappa shape index (κ2) is 16.8. The lowest BCUT2D eigenvalue weighted by molar-refractivity contribution is 0.0904. The van der Waals surface area contributed by atoms with Crippen molar-refractivity contribution in [3.63, 3.8) is 0 Å². The van der Waals surface area contributed by atoms with Gasteiger partial charge in [-0.1, -0.05) is 31.2 Å². The van der Waals surface area contributed by atoms with Crippen LogP contribution < -0.4 is 20.7 Å². The summed E-state index contributed by atoms with van der Waals surface area (Å²) in [5.41, 5.74) is 8.15. The molecule has 0 atom stereocenters. The SMILES string of the molecule is CCc1nc2c(cnn2CC)c(NC2CCOCC2)c1CNC(=O)NCc1ccc(OC)c(-c2cccc(CN(C)CCN(C)C)c2)c1. The summed E-state index contributed by atoms with van der Waals surface area (Å²) in [5.74, 6) is 0.798. The van der Waals surface area contributed by atoms with Gasteiger partial charge in [-0.2, -0.15) is 5.10 Å². The Hall–Kier alpha value is -4.19. The van der Waals surface area contributed by atoms with Crippen molar-refractivity contribution in [2.75, 3.05) is 59.9 Å². The summed E-state index contributed by atoms with van der Waals surface area (Å²) < 4.78 is 13.3. The van der Waals surface area contributed by atoms with Gasteiger partial charge >= 0.3 is 6.03 Å². The molecule has 2 aromatic carbocycles. The maximum absolute atomic E-state index is 13.2. The van der Waals surface area contributed by atoms with Gasteiger partial charge in [0.2, 0.25) is 0 Å². The number of fused-ring (bicyclic) bond motifs is 1. The molecule has 2 aromatic heterocycles. The molecule has 0 spiro atoms. The Kier molecular flexibility index (Phi) is 12.3. The van der Waals surface area contributed by atoms with Crippen LogP contribution in [0.25, 0.3) is 22.2 Å². The Bertz CT molecular complexity index is 1660. The first-order chi connectivity index (χ1) is 23.3. The number of carbonyl (C=O) groups is 1. The number of methoxy groups -OCH3 is 1. The van der Waals surface area contributed by atoms with Gasteiger partial charge in [-0.3, -0.25) is 0 Å². The van der Waals surface area contributed by atoms with Crippen LogP contribution in [0.2, 0.25) is 0 Å². The fraction of sp³-hybridized carbons (Fsp3) is 0.486. The van der Waals surface area contributed by atoms with Crippen molar-refractivity contribution < 1.29 is 14.3 Å². The normalized spacial score (nSPS) is 13.8. The highest BCUT2D eigenvalue weighted by molar-refractivity contribution is 5.92. The van der Waals surface area contributed by atoms with Crippen molar-refractivity contribution in [1.82, 2.24) is 35.2 Å². The minimum atomic E-state index is -0.237. The quantitative estimate of drug-likeness (QED) is 0.159. The molecular weight excluding hydrogens is 604 g/mol. The maximum Gasteiger partial charge on any atom is 0.315 e. The number of ether oxygens (including phenoxy) is 2. The smallest absolute Gasteiger partial charge is 0.315 e. The van der Waals surface area contributed by atoms with E-state index >= 15 is 0 Å². The Morgan fingerprint density at radius 1 is 1.02 bits per heavy atom. The minimum Gasteiger partial charge on any atom is -0.496 e. The number of nitrogens with zero attached hydrogens (tertiary/aromatic N) is 5. The Balaban J connectivity index is 1.28. The summed E-state index contributed by atoms with van der Waals surface area (Å²) in [5, 5.41) is 15.5. The van der Waals surface area contributed by atoms with E-state index in [0.29, 0.717) is 19.1 Å². The first-order valence-electron chi connectivity index (χ1n) is 17.1. The highest BCUT2D eigenvalue weighted by Crippen LogP contribution is 2.33. The summed E-state index contributed by atoms with van der Waals surface area (Å²) in [4.78, 5) is 22.7. The van der Waals surface area contributed by atoms with E-state index in [9.17, 15) is 4.79 Å². The lowest BCUT2D eigenvalue weighted by Crippen LogP contribution is -2.35. The number of benzene rings is 2. The van der Waals surface area contributed by atoms with Crippen molar-refractivity contribution in [1.29, 1.82) is 0 Å². The monoisotopic (exact) mass is 656 g/mol. The molecule has 1 aliphatic heterocycles. The highest BCUT2D eigenvalue weighted by Gasteiger charge is 2.22. The van der Waals surface area contributed by atoms with Gasteiger partial charge < -0.3 is 35.2 Å². The molecule has 48 heavy (non-hydrogen) atoms. The van der Waals surface area contributed by atoms with Crippen molar-refractivity contribution in [2.24, 2.45) is 0 Å². The predicted molar refractivity (Wildman–Crippen MR) is 192 cm³/mol. The van der Waals surface area contributed by atoms with Crippen LogP contribution in [0.4, 0.5) is 10.5 Å². The van der Waals surface area contributed by atoms with Crippen LogP contribution in [-0.2, 0) is 37.3 Å². The fourth-order valence-corrected chi connectivity index (χ4v) is 6.20.